The van der Waals surface area contributed by atoms with Crippen LogP contribution >= 0.6 is 0 Å². The fourth-order valence-electron chi connectivity index (χ4n) is 3.70. The minimum absolute atomic E-state index is 0.0131. The zero-order valence-electron chi connectivity index (χ0n) is 15.9. The second-order valence-electron chi connectivity index (χ2n) is 7.36. The molecule has 0 spiro atoms. The number of aliphatic hydroxyl groups excluding tert-OH is 1. The fraction of sp³-hybridized carbons (Fsp3) is 0.409. The normalized spacial score (nSPS) is 19.7. The number of likely N-dealkylation sites (tertiary alicyclic amines) is 1. The lowest BCUT2D eigenvalue weighted by Crippen LogP contribution is -2.32. The maximum absolute atomic E-state index is 13.4. The number of rotatable bonds is 6. The number of amides is 1. The van der Waals surface area contributed by atoms with Gasteiger partial charge in [-0.05, 0) is 54.9 Å². The van der Waals surface area contributed by atoms with Gasteiger partial charge in [-0.15, -0.1) is 0 Å². The van der Waals surface area contributed by atoms with Crippen molar-refractivity contribution in [2.45, 2.75) is 6.92 Å². The smallest absolute Gasteiger partial charge is 0.253 e. The average molecular weight is 370 g/mol. The molecule has 0 bridgehead atoms. The molecule has 5 heteroatoms. The number of nitrogens with zero attached hydrogens (tertiary/aromatic N) is 2. The van der Waals surface area contributed by atoms with Gasteiger partial charge in [0.05, 0.1) is 0 Å². The molecule has 3 rings (SSSR count). The van der Waals surface area contributed by atoms with Gasteiger partial charge in [0, 0.05) is 37.7 Å². The Morgan fingerprint density at radius 2 is 1.85 bits per heavy atom. The molecule has 27 heavy (non-hydrogen) atoms. The number of hydrogen-bond acceptors (Lipinski definition) is 3. The summed E-state index contributed by atoms with van der Waals surface area (Å²) in [6.07, 6.45) is 0. The molecule has 1 aliphatic heterocycles. The predicted molar refractivity (Wildman–Crippen MR) is 105 cm³/mol. The quantitative estimate of drug-likeness (QED) is 0.850. The Balaban J connectivity index is 1.70. The second-order valence-corrected chi connectivity index (χ2v) is 7.36. The lowest BCUT2D eigenvalue weighted by atomic mass is 9.96. The lowest BCUT2D eigenvalue weighted by Gasteiger charge is -2.22. The fourth-order valence-corrected chi connectivity index (χ4v) is 3.70. The first-order valence-electron chi connectivity index (χ1n) is 9.46. The summed E-state index contributed by atoms with van der Waals surface area (Å²) >= 11 is 0. The van der Waals surface area contributed by atoms with Crippen LogP contribution < -0.4 is 0 Å². The van der Waals surface area contributed by atoms with E-state index in [0.717, 1.165) is 24.2 Å². The molecular formula is C22H27FN2O2. The molecule has 0 unspecified atom stereocenters. The molecule has 1 heterocycles. The van der Waals surface area contributed by atoms with Gasteiger partial charge in [0.15, 0.2) is 0 Å². The molecule has 1 amide bonds. The molecule has 1 aliphatic rings. The highest BCUT2D eigenvalue weighted by molar-refractivity contribution is 5.95. The molecule has 144 valence electrons. The van der Waals surface area contributed by atoms with Gasteiger partial charge in [0.2, 0.25) is 0 Å². The minimum Gasteiger partial charge on any atom is -0.396 e. The number of benzene rings is 2. The van der Waals surface area contributed by atoms with Gasteiger partial charge in [0.1, 0.15) is 5.82 Å². The van der Waals surface area contributed by atoms with E-state index < -0.39 is 0 Å². The summed E-state index contributed by atoms with van der Waals surface area (Å²) in [6, 6.07) is 13.7. The maximum Gasteiger partial charge on any atom is 0.253 e. The third kappa shape index (κ3) is 4.54. The lowest BCUT2D eigenvalue weighted by molar-refractivity contribution is 0.0779. The summed E-state index contributed by atoms with van der Waals surface area (Å²) in [4.78, 5) is 16.9. The first-order chi connectivity index (χ1) is 13.0. The standard InChI is InChI=1S/C22H27FN2O2/c1-3-24(2)12-19-13-25(14-20(19)15-26)22(27)17-9-7-16(8-10-17)18-5-4-6-21(23)11-18/h4-11,19-20,26H,3,12-15H2,1-2H3/t19-,20-/m1/s1. The van der Waals surface area contributed by atoms with E-state index in [1.54, 1.807) is 18.2 Å². The highest BCUT2D eigenvalue weighted by atomic mass is 19.1. The van der Waals surface area contributed by atoms with E-state index in [1.807, 2.05) is 23.1 Å². The Morgan fingerprint density at radius 1 is 1.15 bits per heavy atom. The molecule has 0 aliphatic carbocycles. The number of carbonyl (C=O) groups excluding carboxylic acids is 1. The SMILES string of the molecule is CCN(C)C[C@@H]1CN(C(=O)c2ccc(-c3cccc(F)c3)cc2)C[C@@H]1CO. The topological polar surface area (TPSA) is 43.8 Å². The third-order valence-corrected chi connectivity index (χ3v) is 5.47. The molecule has 1 saturated heterocycles. The van der Waals surface area contributed by atoms with Gasteiger partial charge in [0.25, 0.3) is 5.91 Å². The largest absolute Gasteiger partial charge is 0.396 e. The molecule has 0 saturated carbocycles. The van der Waals surface area contributed by atoms with Gasteiger partial charge in [-0.25, -0.2) is 4.39 Å². The van der Waals surface area contributed by atoms with Crippen LogP contribution in [0, 0.1) is 17.7 Å². The Kier molecular flexibility index (Phi) is 6.24. The molecule has 2 aromatic rings. The van der Waals surface area contributed by atoms with Crippen molar-refractivity contribution in [3.8, 4) is 11.1 Å². The monoisotopic (exact) mass is 370 g/mol. The van der Waals surface area contributed by atoms with Gasteiger partial charge in [-0.3, -0.25) is 4.79 Å². The average Bonchev–Trinajstić information content (AvgIpc) is 3.10. The van der Waals surface area contributed by atoms with Crippen LogP contribution in [0.2, 0.25) is 0 Å². The number of aliphatic hydroxyl groups is 1. The second kappa shape index (κ2) is 8.63. The van der Waals surface area contributed by atoms with Crippen molar-refractivity contribution >= 4 is 5.91 Å². The molecular weight excluding hydrogens is 343 g/mol. The van der Waals surface area contributed by atoms with Crippen molar-refractivity contribution in [3.05, 3.63) is 59.9 Å². The molecule has 2 aromatic carbocycles. The first kappa shape index (κ1) is 19.5. The van der Waals surface area contributed by atoms with Crippen LogP contribution in [0.15, 0.2) is 48.5 Å². The van der Waals surface area contributed by atoms with Crippen LogP contribution in [0.5, 0.6) is 0 Å². The van der Waals surface area contributed by atoms with E-state index in [4.69, 9.17) is 0 Å². The van der Waals surface area contributed by atoms with Crippen LogP contribution in [0.25, 0.3) is 11.1 Å². The van der Waals surface area contributed by atoms with E-state index in [-0.39, 0.29) is 30.2 Å². The summed E-state index contributed by atoms with van der Waals surface area (Å²) in [7, 11) is 2.06. The summed E-state index contributed by atoms with van der Waals surface area (Å²) in [5.41, 5.74) is 2.29. The Bertz CT molecular complexity index is 778. The van der Waals surface area contributed by atoms with E-state index in [2.05, 4.69) is 18.9 Å². The zero-order valence-corrected chi connectivity index (χ0v) is 15.9. The highest BCUT2D eigenvalue weighted by Gasteiger charge is 2.35. The Hall–Kier alpha value is -2.24. The van der Waals surface area contributed by atoms with Crippen molar-refractivity contribution in [1.29, 1.82) is 0 Å². The van der Waals surface area contributed by atoms with Crippen LogP contribution in [-0.2, 0) is 0 Å². The zero-order chi connectivity index (χ0) is 19.4. The van der Waals surface area contributed by atoms with E-state index in [1.165, 1.54) is 12.1 Å². The summed E-state index contributed by atoms with van der Waals surface area (Å²) in [5, 5.41) is 9.69. The highest BCUT2D eigenvalue weighted by Crippen LogP contribution is 2.26. The molecule has 4 nitrogen and oxygen atoms in total. The van der Waals surface area contributed by atoms with Crippen LogP contribution in [0.1, 0.15) is 17.3 Å². The van der Waals surface area contributed by atoms with Crippen molar-refractivity contribution in [1.82, 2.24) is 9.80 Å². The van der Waals surface area contributed by atoms with E-state index in [0.29, 0.717) is 18.7 Å². The summed E-state index contributed by atoms with van der Waals surface area (Å²) < 4.78 is 13.4. The van der Waals surface area contributed by atoms with E-state index in [9.17, 15) is 14.3 Å². The number of carbonyl (C=O) groups is 1. The van der Waals surface area contributed by atoms with Crippen molar-refractivity contribution < 1.29 is 14.3 Å². The Labute approximate surface area is 160 Å². The number of hydrogen-bond donors (Lipinski definition) is 1. The van der Waals surface area contributed by atoms with Crippen LogP contribution in [0.3, 0.4) is 0 Å². The molecule has 1 N–H and O–H groups in total. The molecule has 0 aromatic heterocycles. The number of halogens is 1. The Morgan fingerprint density at radius 3 is 2.48 bits per heavy atom. The van der Waals surface area contributed by atoms with Gasteiger partial charge < -0.3 is 14.9 Å². The van der Waals surface area contributed by atoms with Crippen molar-refractivity contribution in [2.75, 3.05) is 39.8 Å². The summed E-state index contributed by atoms with van der Waals surface area (Å²) in [6.45, 7) is 5.29. The maximum atomic E-state index is 13.4. The van der Waals surface area contributed by atoms with E-state index >= 15 is 0 Å². The van der Waals surface area contributed by atoms with Crippen molar-refractivity contribution in [2.24, 2.45) is 11.8 Å². The molecule has 0 radical (unpaired) electrons. The van der Waals surface area contributed by atoms with Gasteiger partial charge in [-0.2, -0.15) is 0 Å². The molecule has 1 fully saturated rings. The minimum atomic E-state index is -0.275. The van der Waals surface area contributed by atoms with Crippen LogP contribution in [-0.4, -0.2) is 60.6 Å². The predicted octanol–water partition coefficient (Wildman–Crippen LogP) is 3.12. The van der Waals surface area contributed by atoms with Crippen molar-refractivity contribution in [3.63, 3.8) is 0 Å². The van der Waals surface area contributed by atoms with Gasteiger partial charge >= 0.3 is 0 Å². The van der Waals surface area contributed by atoms with Crippen LogP contribution in [0.4, 0.5) is 4.39 Å². The molecule has 2 atom stereocenters. The first-order valence-corrected chi connectivity index (χ1v) is 9.46. The van der Waals surface area contributed by atoms with Gasteiger partial charge in [-0.1, -0.05) is 31.2 Å². The summed E-state index contributed by atoms with van der Waals surface area (Å²) in [5.74, 6) is 0.119. The third-order valence-electron chi connectivity index (χ3n) is 5.47.